The van der Waals surface area contributed by atoms with Crippen LogP contribution >= 0.6 is 0 Å². The third kappa shape index (κ3) is 3.86. The number of allylic oxidation sites excluding steroid dienone is 2. The minimum Gasteiger partial charge on any atom is -0.468 e. The van der Waals surface area contributed by atoms with Gasteiger partial charge in [-0.3, -0.25) is 9.59 Å². The molecule has 0 saturated carbocycles. The first-order valence-corrected chi connectivity index (χ1v) is 8.24. The molecule has 0 heterocycles. The molecule has 0 aliphatic heterocycles. The van der Waals surface area contributed by atoms with Gasteiger partial charge in [0.2, 0.25) is 0 Å². The van der Waals surface area contributed by atoms with Crippen LogP contribution in [0.2, 0.25) is 0 Å². The fraction of sp³-hybridized carbons (Fsp3) is 0.500. The van der Waals surface area contributed by atoms with Gasteiger partial charge >= 0.3 is 5.97 Å². The van der Waals surface area contributed by atoms with E-state index in [2.05, 4.69) is 38.2 Å². The second-order valence-electron chi connectivity index (χ2n) is 8.15. The van der Waals surface area contributed by atoms with Gasteiger partial charge < -0.3 is 10.1 Å². The molecule has 0 aromatic heterocycles. The Bertz CT molecular complexity index is 663. The van der Waals surface area contributed by atoms with Crippen molar-refractivity contribution < 1.29 is 14.3 Å². The number of nitrogens with one attached hydrogen (secondary N) is 1. The Morgan fingerprint density at radius 1 is 1.21 bits per heavy atom. The molecular weight excluding hydrogens is 302 g/mol. The molecule has 0 saturated heterocycles. The number of methoxy groups -OCH3 is 1. The normalized spacial score (nSPS) is 20.3. The van der Waals surface area contributed by atoms with Crippen LogP contribution in [0.1, 0.15) is 46.6 Å². The number of rotatable bonds is 3. The Kier molecular flexibility index (Phi) is 4.88. The molecule has 130 valence electrons. The minimum atomic E-state index is -0.740. The lowest BCUT2D eigenvalue weighted by molar-refractivity contribution is -0.153. The van der Waals surface area contributed by atoms with Crippen molar-refractivity contribution in [3.63, 3.8) is 0 Å². The van der Waals surface area contributed by atoms with Crippen molar-refractivity contribution in [1.82, 2.24) is 0 Å². The molecule has 1 aromatic carbocycles. The summed E-state index contributed by atoms with van der Waals surface area (Å²) in [5.74, 6) is -1.40. The van der Waals surface area contributed by atoms with Gasteiger partial charge in [-0.25, -0.2) is 0 Å². The van der Waals surface area contributed by atoms with Gasteiger partial charge in [-0.05, 0) is 34.9 Å². The molecule has 2 rings (SSSR count). The standard InChI is InChI=1S/C20H27NO3/c1-19(2,3)13-7-9-14(10-8-13)21-15-11-16(22)17(18(23)24-6)20(4,5)12-15/h7-11,17,21H,12H2,1-6H3. The monoisotopic (exact) mass is 329 g/mol. The summed E-state index contributed by atoms with van der Waals surface area (Å²) in [6.45, 7) is 10.4. The van der Waals surface area contributed by atoms with Crippen LogP contribution in [0.5, 0.6) is 0 Å². The van der Waals surface area contributed by atoms with E-state index < -0.39 is 17.3 Å². The van der Waals surface area contributed by atoms with Gasteiger partial charge in [0, 0.05) is 17.5 Å². The van der Waals surface area contributed by atoms with Crippen LogP contribution in [0.3, 0.4) is 0 Å². The second kappa shape index (κ2) is 6.42. The Balaban J connectivity index is 2.19. The molecule has 0 fully saturated rings. The SMILES string of the molecule is COC(=O)C1C(=O)C=C(Nc2ccc(C(C)(C)C)cc2)CC1(C)C. The molecule has 1 aromatic rings. The summed E-state index contributed by atoms with van der Waals surface area (Å²) in [6.07, 6.45) is 2.14. The molecule has 0 spiro atoms. The highest BCUT2D eigenvalue weighted by atomic mass is 16.5. The molecule has 1 aliphatic rings. The Morgan fingerprint density at radius 3 is 2.25 bits per heavy atom. The summed E-state index contributed by atoms with van der Waals surface area (Å²) in [4.78, 5) is 24.3. The highest BCUT2D eigenvalue weighted by Crippen LogP contribution is 2.39. The van der Waals surface area contributed by atoms with E-state index in [4.69, 9.17) is 4.74 Å². The Morgan fingerprint density at radius 2 is 1.79 bits per heavy atom. The summed E-state index contributed by atoms with van der Waals surface area (Å²) in [6, 6.07) is 8.22. The topological polar surface area (TPSA) is 55.4 Å². The molecule has 1 N–H and O–H groups in total. The van der Waals surface area contributed by atoms with E-state index in [1.165, 1.54) is 18.7 Å². The minimum absolute atomic E-state index is 0.105. The number of carbonyl (C=O) groups excluding carboxylic acids is 2. The molecule has 4 nitrogen and oxygen atoms in total. The van der Waals surface area contributed by atoms with Crippen molar-refractivity contribution >= 4 is 17.4 Å². The van der Waals surface area contributed by atoms with Crippen LogP contribution in [0.4, 0.5) is 5.69 Å². The maximum absolute atomic E-state index is 12.4. The molecule has 24 heavy (non-hydrogen) atoms. The Labute approximate surface area is 144 Å². The smallest absolute Gasteiger partial charge is 0.317 e. The van der Waals surface area contributed by atoms with Gasteiger partial charge in [0.1, 0.15) is 5.92 Å². The number of ketones is 1. The molecule has 0 amide bonds. The molecule has 0 radical (unpaired) electrons. The summed E-state index contributed by atoms with van der Waals surface area (Å²) in [5.41, 5.74) is 2.65. The Hall–Kier alpha value is -2.10. The van der Waals surface area contributed by atoms with Crippen LogP contribution in [-0.4, -0.2) is 18.9 Å². The largest absolute Gasteiger partial charge is 0.468 e. The predicted octanol–water partition coefficient (Wildman–Crippen LogP) is 4.07. The lowest BCUT2D eigenvalue weighted by atomic mass is 9.70. The van der Waals surface area contributed by atoms with Gasteiger partial charge in [0.05, 0.1) is 7.11 Å². The fourth-order valence-corrected chi connectivity index (χ4v) is 3.16. The molecule has 1 unspecified atom stereocenters. The number of carbonyl (C=O) groups is 2. The highest BCUT2D eigenvalue weighted by molar-refractivity contribution is 6.07. The van der Waals surface area contributed by atoms with Crippen molar-refractivity contribution in [1.29, 1.82) is 0 Å². The summed E-state index contributed by atoms with van der Waals surface area (Å²) < 4.78 is 4.78. The zero-order valence-corrected chi connectivity index (χ0v) is 15.4. The van der Waals surface area contributed by atoms with E-state index in [9.17, 15) is 9.59 Å². The van der Waals surface area contributed by atoms with Crippen LogP contribution in [0.25, 0.3) is 0 Å². The first-order chi connectivity index (χ1) is 11.0. The first kappa shape index (κ1) is 18.2. The average Bonchev–Trinajstić information content (AvgIpc) is 2.44. The maximum Gasteiger partial charge on any atom is 0.317 e. The molecule has 1 atom stereocenters. The summed E-state index contributed by atoms with van der Waals surface area (Å²) in [7, 11) is 1.32. The first-order valence-electron chi connectivity index (χ1n) is 8.24. The molecule has 1 aliphatic carbocycles. The zero-order valence-electron chi connectivity index (χ0n) is 15.4. The summed E-state index contributed by atoms with van der Waals surface area (Å²) in [5, 5.41) is 3.31. The molecule has 0 bridgehead atoms. The van der Waals surface area contributed by atoms with Crippen LogP contribution < -0.4 is 5.32 Å². The lowest BCUT2D eigenvalue weighted by Crippen LogP contribution is -2.41. The summed E-state index contributed by atoms with van der Waals surface area (Å²) >= 11 is 0. The third-order valence-electron chi connectivity index (χ3n) is 4.52. The number of benzene rings is 1. The van der Waals surface area contributed by atoms with E-state index in [1.54, 1.807) is 0 Å². The maximum atomic E-state index is 12.4. The number of ether oxygens (including phenoxy) is 1. The van der Waals surface area contributed by atoms with Gasteiger partial charge in [-0.1, -0.05) is 46.8 Å². The van der Waals surface area contributed by atoms with Crippen LogP contribution in [0, 0.1) is 11.3 Å². The number of hydrogen-bond acceptors (Lipinski definition) is 4. The number of hydrogen-bond donors (Lipinski definition) is 1. The third-order valence-corrected chi connectivity index (χ3v) is 4.52. The van der Waals surface area contributed by atoms with Crippen molar-refractivity contribution in [2.75, 3.05) is 12.4 Å². The van der Waals surface area contributed by atoms with E-state index in [0.29, 0.717) is 6.42 Å². The van der Waals surface area contributed by atoms with Crippen molar-refractivity contribution in [2.24, 2.45) is 11.3 Å². The highest BCUT2D eigenvalue weighted by Gasteiger charge is 2.44. The molecule has 4 heteroatoms. The predicted molar refractivity (Wildman–Crippen MR) is 95.8 cm³/mol. The zero-order chi connectivity index (χ0) is 18.1. The van der Waals surface area contributed by atoms with Gasteiger partial charge in [-0.15, -0.1) is 0 Å². The van der Waals surface area contributed by atoms with Gasteiger partial charge in [0.25, 0.3) is 0 Å². The van der Waals surface area contributed by atoms with E-state index in [1.807, 2.05) is 26.0 Å². The molecular formula is C20H27NO3. The van der Waals surface area contributed by atoms with Crippen molar-refractivity contribution in [2.45, 2.75) is 46.5 Å². The van der Waals surface area contributed by atoms with E-state index in [0.717, 1.165) is 11.4 Å². The lowest BCUT2D eigenvalue weighted by Gasteiger charge is -2.35. The van der Waals surface area contributed by atoms with Crippen molar-refractivity contribution in [3.05, 3.63) is 41.6 Å². The van der Waals surface area contributed by atoms with Crippen molar-refractivity contribution in [3.8, 4) is 0 Å². The van der Waals surface area contributed by atoms with E-state index >= 15 is 0 Å². The second-order valence-corrected chi connectivity index (χ2v) is 8.15. The van der Waals surface area contributed by atoms with Gasteiger partial charge in [0.15, 0.2) is 5.78 Å². The average molecular weight is 329 g/mol. The van der Waals surface area contributed by atoms with Crippen LogP contribution in [0.15, 0.2) is 36.0 Å². The number of anilines is 1. The van der Waals surface area contributed by atoms with Crippen LogP contribution in [-0.2, 0) is 19.7 Å². The number of esters is 1. The van der Waals surface area contributed by atoms with Gasteiger partial charge in [-0.2, -0.15) is 0 Å². The quantitative estimate of drug-likeness (QED) is 0.671. The van der Waals surface area contributed by atoms with E-state index in [-0.39, 0.29) is 11.2 Å². The fourth-order valence-electron chi connectivity index (χ4n) is 3.16.